The molecule has 0 fully saturated rings. The molecular weight excluding hydrogens is 244 g/mol. The lowest BCUT2D eigenvalue weighted by atomic mass is 10.0. The summed E-state index contributed by atoms with van der Waals surface area (Å²) in [6.07, 6.45) is 0. The first-order chi connectivity index (χ1) is 7.47. The van der Waals surface area contributed by atoms with Gasteiger partial charge in [0.25, 0.3) is 0 Å². The predicted molar refractivity (Wildman–Crippen MR) is 67.2 cm³/mol. The molecule has 0 radical (unpaired) electrons. The highest BCUT2D eigenvalue weighted by molar-refractivity contribution is 8.13. The SMILES string of the molecule is Cc1ccc(CS(=O)(=O)Cl)c2ccccc12. The molecule has 2 aromatic carbocycles. The van der Waals surface area contributed by atoms with Crippen molar-refractivity contribution in [1.82, 2.24) is 0 Å². The maximum atomic E-state index is 11.1. The van der Waals surface area contributed by atoms with Crippen molar-refractivity contribution in [3.63, 3.8) is 0 Å². The van der Waals surface area contributed by atoms with E-state index in [0.717, 1.165) is 21.9 Å². The Hall–Kier alpha value is -1.06. The third-order valence-electron chi connectivity index (χ3n) is 2.56. The molecule has 0 heterocycles. The Labute approximate surface area is 99.3 Å². The van der Waals surface area contributed by atoms with Crippen molar-refractivity contribution in [2.24, 2.45) is 0 Å². The van der Waals surface area contributed by atoms with Crippen LogP contribution in [0.3, 0.4) is 0 Å². The molecular formula is C12H11ClO2S. The minimum atomic E-state index is -3.51. The molecule has 0 aliphatic rings. The number of halogens is 1. The van der Waals surface area contributed by atoms with Gasteiger partial charge in [-0.3, -0.25) is 0 Å². The van der Waals surface area contributed by atoms with Crippen LogP contribution in [0.2, 0.25) is 0 Å². The molecule has 0 bridgehead atoms. The number of aryl methyl sites for hydroxylation is 1. The summed E-state index contributed by atoms with van der Waals surface area (Å²) >= 11 is 0. The standard InChI is InChI=1S/C12H11ClO2S/c1-9-6-7-10(8-16(13,14)15)12-5-3-2-4-11(9)12/h2-7H,8H2,1H3. The Morgan fingerprint density at radius 2 is 1.69 bits per heavy atom. The lowest BCUT2D eigenvalue weighted by molar-refractivity contribution is 0.609. The van der Waals surface area contributed by atoms with Gasteiger partial charge in [-0.2, -0.15) is 0 Å². The summed E-state index contributed by atoms with van der Waals surface area (Å²) in [6.45, 7) is 2.00. The molecule has 0 saturated heterocycles. The monoisotopic (exact) mass is 254 g/mol. The highest BCUT2D eigenvalue weighted by atomic mass is 35.7. The summed E-state index contributed by atoms with van der Waals surface area (Å²) in [5.74, 6) is -0.130. The lowest BCUT2D eigenvalue weighted by Gasteiger charge is -2.07. The summed E-state index contributed by atoms with van der Waals surface area (Å²) in [4.78, 5) is 0. The minimum absolute atomic E-state index is 0.130. The molecule has 0 N–H and O–H groups in total. The third kappa shape index (κ3) is 2.36. The van der Waals surface area contributed by atoms with E-state index in [-0.39, 0.29) is 5.75 Å². The average Bonchev–Trinajstić information content (AvgIpc) is 2.21. The quantitative estimate of drug-likeness (QED) is 0.771. The largest absolute Gasteiger partial charge is 0.236 e. The smallest absolute Gasteiger partial charge is 0.212 e. The van der Waals surface area contributed by atoms with Crippen LogP contribution in [0.4, 0.5) is 0 Å². The van der Waals surface area contributed by atoms with Gasteiger partial charge in [-0.25, -0.2) is 8.42 Å². The van der Waals surface area contributed by atoms with Gasteiger partial charge in [0.15, 0.2) is 0 Å². The second-order valence-corrected chi connectivity index (χ2v) is 6.55. The second-order valence-electron chi connectivity index (χ2n) is 3.77. The van der Waals surface area contributed by atoms with Crippen LogP contribution < -0.4 is 0 Å². The Balaban J connectivity index is 2.68. The number of benzene rings is 2. The van der Waals surface area contributed by atoms with Crippen LogP contribution in [-0.2, 0) is 14.8 Å². The first kappa shape index (κ1) is 11.4. The summed E-state index contributed by atoms with van der Waals surface area (Å²) in [5.41, 5.74) is 1.88. The molecule has 4 heteroatoms. The number of hydrogen-bond donors (Lipinski definition) is 0. The van der Waals surface area contributed by atoms with E-state index in [1.807, 2.05) is 43.3 Å². The van der Waals surface area contributed by atoms with Gasteiger partial charge in [0.2, 0.25) is 9.05 Å². The zero-order valence-electron chi connectivity index (χ0n) is 8.77. The van der Waals surface area contributed by atoms with E-state index >= 15 is 0 Å². The Morgan fingerprint density at radius 1 is 1.06 bits per heavy atom. The first-order valence-electron chi connectivity index (χ1n) is 4.87. The van der Waals surface area contributed by atoms with Crippen LogP contribution in [0.1, 0.15) is 11.1 Å². The molecule has 0 aliphatic heterocycles. The maximum Gasteiger partial charge on any atom is 0.236 e. The van der Waals surface area contributed by atoms with E-state index in [0.29, 0.717) is 0 Å². The van der Waals surface area contributed by atoms with E-state index in [1.54, 1.807) is 0 Å². The summed E-state index contributed by atoms with van der Waals surface area (Å²) < 4.78 is 22.2. The van der Waals surface area contributed by atoms with Crippen LogP contribution in [0.25, 0.3) is 10.8 Å². The number of hydrogen-bond acceptors (Lipinski definition) is 2. The maximum absolute atomic E-state index is 11.1. The van der Waals surface area contributed by atoms with Crippen molar-refractivity contribution in [3.8, 4) is 0 Å². The van der Waals surface area contributed by atoms with Gasteiger partial charge in [-0.05, 0) is 28.8 Å². The molecule has 0 atom stereocenters. The number of fused-ring (bicyclic) bond motifs is 1. The molecule has 0 saturated carbocycles. The Kier molecular flexibility index (Phi) is 2.91. The molecule has 0 aromatic heterocycles. The fraction of sp³-hybridized carbons (Fsp3) is 0.167. The van der Waals surface area contributed by atoms with Crippen LogP contribution in [0, 0.1) is 6.92 Å². The first-order valence-corrected chi connectivity index (χ1v) is 7.35. The van der Waals surface area contributed by atoms with Crippen LogP contribution >= 0.6 is 10.7 Å². The van der Waals surface area contributed by atoms with Crippen molar-refractivity contribution >= 4 is 30.5 Å². The Morgan fingerprint density at radius 3 is 2.31 bits per heavy atom. The fourth-order valence-corrected chi connectivity index (χ4v) is 2.80. The average molecular weight is 255 g/mol. The molecule has 2 nitrogen and oxygen atoms in total. The van der Waals surface area contributed by atoms with Crippen molar-refractivity contribution in [2.45, 2.75) is 12.7 Å². The molecule has 0 spiro atoms. The lowest BCUT2D eigenvalue weighted by Crippen LogP contribution is -1.96. The van der Waals surface area contributed by atoms with Crippen molar-refractivity contribution < 1.29 is 8.42 Å². The van der Waals surface area contributed by atoms with E-state index in [4.69, 9.17) is 10.7 Å². The van der Waals surface area contributed by atoms with Gasteiger partial charge in [0.05, 0.1) is 5.75 Å². The Bertz CT molecular complexity index is 633. The zero-order chi connectivity index (χ0) is 11.8. The predicted octanol–water partition coefficient (Wildman–Crippen LogP) is 3.22. The molecule has 0 amide bonds. The van der Waals surface area contributed by atoms with Gasteiger partial charge < -0.3 is 0 Å². The van der Waals surface area contributed by atoms with Gasteiger partial charge in [-0.1, -0.05) is 36.4 Å². The van der Waals surface area contributed by atoms with Gasteiger partial charge in [0, 0.05) is 10.7 Å². The van der Waals surface area contributed by atoms with Crippen molar-refractivity contribution in [2.75, 3.05) is 0 Å². The normalized spacial score (nSPS) is 11.9. The van der Waals surface area contributed by atoms with Gasteiger partial charge >= 0.3 is 0 Å². The molecule has 0 aliphatic carbocycles. The van der Waals surface area contributed by atoms with Crippen LogP contribution in [0.15, 0.2) is 36.4 Å². The van der Waals surface area contributed by atoms with Crippen LogP contribution in [-0.4, -0.2) is 8.42 Å². The molecule has 2 aromatic rings. The highest BCUT2D eigenvalue weighted by Crippen LogP contribution is 2.24. The topological polar surface area (TPSA) is 34.1 Å². The van der Waals surface area contributed by atoms with E-state index in [2.05, 4.69) is 0 Å². The van der Waals surface area contributed by atoms with E-state index in [1.165, 1.54) is 0 Å². The van der Waals surface area contributed by atoms with E-state index in [9.17, 15) is 8.42 Å². The fourth-order valence-electron chi connectivity index (χ4n) is 1.82. The summed E-state index contributed by atoms with van der Waals surface area (Å²) in [7, 11) is 1.77. The second kappa shape index (κ2) is 4.07. The van der Waals surface area contributed by atoms with Crippen LogP contribution in [0.5, 0.6) is 0 Å². The van der Waals surface area contributed by atoms with Crippen molar-refractivity contribution in [3.05, 3.63) is 47.5 Å². The summed E-state index contributed by atoms with van der Waals surface area (Å²) in [5, 5.41) is 2.02. The van der Waals surface area contributed by atoms with Gasteiger partial charge in [-0.15, -0.1) is 0 Å². The molecule has 2 rings (SSSR count). The highest BCUT2D eigenvalue weighted by Gasteiger charge is 2.10. The minimum Gasteiger partial charge on any atom is -0.212 e. The van der Waals surface area contributed by atoms with E-state index < -0.39 is 9.05 Å². The summed E-state index contributed by atoms with van der Waals surface area (Å²) in [6, 6.07) is 11.5. The van der Waals surface area contributed by atoms with Gasteiger partial charge in [0.1, 0.15) is 0 Å². The zero-order valence-corrected chi connectivity index (χ0v) is 10.3. The molecule has 16 heavy (non-hydrogen) atoms. The van der Waals surface area contributed by atoms with Crippen molar-refractivity contribution in [1.29, 1.82) is 0 Å². The molecule has 84 valence electrons. The number of rotatable bonds is 2. The third-order valence-corrected chi connectivity index (χ3v) is 3.54. The molecule has 0 unspecified atom stereocenters.